The fourth-order valence-electron chi connectivity index (χ4n) is 11.4. The number of pyridine rings is 1. The Morgan fingerprint density at radius 2 is 1.71 bits per heavy atom. The highest BCUT2D eigenvalue weighted by Gasteiger charge is 2.47. The normalized spacial score (nSPS) is 20.7. The van der Waals surface area contributed by atoms with Gasteiger partial charge in [0.1, 0.15) is 29.7 Å². The van der Waals surface area contributed by atoms with Gasteiger partial charge in [-0.15, -0.1) is 11.3 Å². The van der Waals surface area contributed by atoms with Gasteiger partial charge in [-0.1, -0.05) is 57.5 Å². The lowest BCUT2D eigenvalue weighted by atomic mass is 9.66. The molecule has 6 heterocycles. The Balaban J connectivity index is 0.747. The average Bonchev–Trinajstić information content (AvgIpc) is 4.24. The van der Waals surface area contributed by atoms with Crippen LogP contribution in [0.3, 0.4) is 0 Å². The van der Waals surface area contributed by atoms with Crippen molar-refractivity contribution in [1.29, 1.82) is 0 Å². The number of rotatable bonds is 15. The number of aryl methyl sites for hydroxylation is 1. The summed E-state index contributed by atoms with van der Waals surface area (Å²) in [5, 5.41) is 25.6. The Bertz CT molecular complexity index is 2990. The van der Waals surface area contributed by atoms with Crippen LogP contribution in [0.4, 0.5) is 23.7 Å². The summed E-state index contributed by atoms with van der Waals surface area (Å²) in [7, 11) is 1.39. The summed E-state index contributed by atoms with van der Waals surface area (Å²) < 4.78 is 46.8. The summed E-state index contributed by atoms with van der Waals surface area (Å²) in [4.78, 5) is 84.4. The molecule has 1 spiro atoms. The minimum Gasteiger partial charge on any atom is -0.494 e. The second-order valence-corrected chi connectivity index (χ2v) is 23.1. The van der Waals surface area contributed by atoms with Gasteiger partial charge in [-0.25, -0.2) is 14.8 Å². The van der Waals surface area contributed by atoms with E-state index in [1.807, 2.05) is 69.3 Å². The summed E-state index contributed by atoms with van der Waals surface area (Å²) >= 11 is 1.58. The number of carbonyl (C=O) groups excluding carboxylic acids is 5. The first-order chi connectivity index (χ1) is 36.6. The van der Waals surface area contributed by atoms with E-state index in [0.29, 0.717) is 50.2 Å². The van der Waals surface area contributed by atoms with E-state index in [9.17, 15) is 42.3 Å². The van der Waals surface area contributed by atoms with Crippen molar-refractivity contribution in [3.63, 3.8) is 0 Å². The van der Waals surface area contributed by atoms with Crippen molar-refractivity contribution in [3.8, 4) is 16.2 Å². The minimum atomic E-state index is -4.71. The molecule has 412 valence electrons. The number of aliphatic hydroxyl groups is 1. The summed E-state index contributed by atoms with van der Waals surface area (Å²) in [6.45, 7) is 12.6. The standard InChI is InChI=1S/C55H68F3N11O7S/c1-33(35-12-14-36(15-13-35)47-34(2)59-32-77-47)60-50(73)43-26-39(70)30-69(43)51(74)48(53(3,4)5)61-38-9-8-16-54(28-38)17-19-65(20-18-54)46(71)31-67-22-21-66(52(67)75)23-24-68-29-37-25-42(44(76-6)27-41(37)64-68)63-49(72)40-10-7-11-45(62-40)55(56,57)58/h7,10-15,25,27,29,32-33,38-39,43,48,61,70H,8-9,16-24,26,28,30-31H2,1-6H3,(H,60,73)(H,63,72)/t33-,38?,39+,43-,48+/m0/s1. The number of urea groups is 1. The van der Waals surface area contributed by atoms with Gasteiger partial charge in [0, 0.05) is 69.4 Å². The van der Waals surface area contributed by atoms with Crippen LogP contribution < -0.4 is 20.7 Å². The minimum absolute atomic E-state index is 0.0136. The third-order valence-corrected chi connectivity index (χ3v) is 16.8. The molecule has 0 bridgehead atoms. The number of piperidine rings is 1. The maximum Gasteiger partial charge on any atom is 0.433 e. The second kappa shape index (κ2) is 22.4. The number of anilines is 1. The van der Waals surface area contributed by atoms with Gasteiger partial charge >= 0.3 is 12.2 Å². The Morgan fingerprint density at radius 1 is 0.974 bits per heavy atom. The van der Waals surface area contributed by atoms with E-state index < -0.39 is 47.1 Å². The van der Waals surface area contributed by atoms with E-state index in [1.54, 1.807) is 49.0 Å². The number of likely N-dealkylation sites (tertiary alicyclic amines) is 2. The van der Waals surface area contributed by atoms with E-state index in [4.69, 9.17) is 4.74 Å². The number of methoxy groups -OCH3 is 1. The van der Waals surface area contributed by atoms with Gasteiger partial charge in [-0.2, -0.15) is 18.3 Å². The lowest BCUT2D eigenvalue weighted by molar-refractivity contribution is -0.143. The highest BCUT2D eigenvalue weighted by Crippen LogP contribution is 2.45. The van der Waals surface area contributed by atoms with Gasteiger partial charge in [0.2, 0.25) is 17.7 Å². The molecule has 1 aliphatic carbocycles. The zero-order valence-electron chi connectivity index (χ0n) is 44.4. The quantitative estimate of drug-likeness (QED) is 0.0820. The first-order valence-corrected chi connectivity index (χ1v) is 27.2. The fourth-order valence-corrected chi connectivity index (χ4v) is 12.2. The van der Waals surface area contributed by atoms with Crippen LogP contribution in [-0.4, -0.2) is 151 Å². The molecule has 4 N–H and O–H groups in total. The number of ether oxygens (including phenoxy) is 1. The number of thiazole rings is 1. The molecule has 3 aromatic heterocycles. The SMILES string of the molecule is COc1cc2nn(CCN3CCN(CC(=O)N4CCC5(CCCC(N[C@H](C(=O)N6C[C@H](O)C[C@H]6C(=O)N[C@@H](C)c6ccc(-c7scnc7C)cc6)C(C)(C)C)C5)CC4)C3=O)cc2cc1NC(=O)c1cccc(C(F)(F)F)n1. The van der Waals surface area contributed by atoms with E-state index >= 15 is 0 Å². The first-order valence-electron chi connectivity index (χ1n) is 26.4. The average molecular weight is 1080 g/mol. The van der Waals surface area contributed by atoms with Crippen molar-refractivity contribution in [2.24, 2.45) is 10.8 Å². The summed E-state index contributed by atoms with van der Waals surface area (Å²) in [6, 6.07) is 12.4. The zero-order valence-corrected chi connectivity index (χ0v) is 45.2. The number of hydrogen-bond acceptors (Lipinski definition) is 12. The summed E-state index contributed by atoms with van der Waals surface area (Å²) in [6.07, 6.45) is 1.70. The molecule has 4 aliphatic rings. The number of β-amino-alcohol motifs (C(OH)–C–C–N with tert-alkyl or cyclic N) is 1. The number of nitrogens with zero attached hydrogens (tertiary/aromatic N) is 8. The highest BCUT2D eigenvalue weighted by molar-refractivity contribution is 7.13. The highest BCUT2D eigenvalue weighted by atomic mass is 32.1. The fraction of sp³-hybridized carbons (Fsp3) is 0.527. The molecule has 1 saturated carbocycles. The Labute approximate surface area is 449 Å². The Kier molecular flexibility index (Phi) is 16.0. The van der Waals surface area contributed by atoms with Crippen molar-refractivity contribution in [3.05, 3.63) is 88.9 Å². The molecule has 3 aliphatic heterocycles. The largest absolute Gasteiger partial charge is 0.494 e. The number of amides is 6. The number of halogens is 3. The summed E-state index contributed by atoms with van der Waals surface area (Å²) in [5.74, 6) is -1.20. The number of alkyl halides is 3. The van der Waals surface area contributed by atoms with Crippen LogP contribution in [0.15, 0.2) is 66.3 Å². The van der Waals surface area contributed by atoms with Gasteiger partial charge in [0.05, 0.1) is 59.1 Å². The van der Waals surface area contributed by atoms with Crippen LogP contribution in [0.2, 0.25) is 0 Å². The number of hydrogen-bond donors (Lipinski definition) is 4. The molecule has 2 aromatic carbocycles. The molecule has 18 nitrogen and oxygen atoms in total. The van der Waals surface area contributed by atoms with Crippen molar-refractivity contribution in [2.45, 2.75) is 123 Å². The Hall–Kier alpha value is -6.65. The molecular formula is C55H68F3N11O7S. The van der Waals surface area contributed by atoms with E-state index in [1.165, 1.54) is 13.2 Å². The maximum atomic E-state index is 14.6. The molecule has 6 amide bonds. The van der Waals surface area contributed by atoms with Gasteiger partial charge in [-0.05, 0) is 86.1 Å². The van der Waals surface area contributed by atoms with Crippen LogP contribution in [0.25, 0.3) is 21.3 Å². The van der Waals surface area contributed by atoms with E-state index in [2.05, 4.69) is 31.0 Å². The first kappa shape index (κ1) is 55.1. The molecular weight excluding hydrogens is 1020 g/mol. The van der Waals surface area contributed by atoms with E-state index in [0.717, 1.165) is 72.4 Å². The van der Waals surface area contributed by atoms with Crippen LogP contribution in [0, 0.1) is 17.8 Å². The van der Waals surface area contributed by atoms with Crippen LogP contribution in [-0.2, 0) is 27.1 Å². The zero-order chi connectivity index (χ0) is 55.0. The number of aromatic nitrogens is 4. The van der Waals surface area contributed by atoms with Crippen molar-refractivity contribution >= 4 is 57.6 Å². The topological polar surface area (TPSA) is 207 Å². The Morgan fingerprint density at radius 3 is 2.40 bits per heavy atom. The van der Waals surface area contributed by atoms with Crippen molar-refractivity contribution < 1.29 is 47.0 Å². The molecule has 3 saturated heterocycles. The van der Waals surface area contributed by atoms with Gasteiger partial charge in [0.25, 0.3) is 5.91 Å². The maximum absolute atomic E-state index is 14.6. The molecule has 1 unspecified atom stereocenters. The smallest absolute Gasteiger partial charge is 0.433 e. The van der Waals surface area contributed by atoms with Crippen LogP contribution in [0.5, 0.6) is 5.75 Å². The number of nitrogens with one attached hydrogen (secondary N) is 3. The molecule has 5 aromatic rings. The molecule has 0 radical (unpaired) electrons. The molecule has 4 fully saturated rings. The predicted octanol–water partition coefficient (Wildman–Crippen LogP) is 7.28. The van der Waals surface area contributed by atoms with Gasteiger partial charge in [0.15, 0.2) is 0 Å². The van der Waals surface area contributed by atoms with Gasteiger partial charge < -0.3 is 45.4 Å². The number of benzene rings is 2. The lowest BCUT2D eigenvalue weighted by Crippen LogP contribution is -2.59. The molecule has 5 atom stereocenters. The lowest BCUT2D eigenvalue weighted by Gasteiger charge is -2.48. The number of aliphatic hydroxyl groups excluding tert-OH is 1. The molecule has 77 heavy (non-hydrogen) atoms. The predicted molar refractivity (Wildman–Crippen MR) is 284 cm³/mol. The monoisotopic (exact) mass is 1080 g/mol. The molecule has 9 rings (SSSR count). The van der Waals surface area contributed by atoms with Gasteiger partial charge in [-0.3, -0.25) is 23.9 Å². The number of fused-ring (bicyclic) bond motifs is 1. The third-order valence-electron chi connectivity index (χ3n) is 15.8. The second-order valence-electron chi connectivity index (χ2n) is 22.2. The third kappa shape index (κ3) is 12.4. The van der Waals surface area contributed by atoms with Crippen LogP contribution >= 0.6 is 11.3 Å². The van der Waals surface area contributed by atoms with Crippen molar-refractivity contribution in [1.82, 2.24) is 50.0 Å². The molecule has 22 heteroatoms. The summed E-state index contributed by atoms with van der Waals surface area (Å²) in [5.41, 5.74) is 3.42. The van der Waals surface area contributed by atoms with E-state index in [-0.39, 0.29) is 72.2 Å². The van der Waals surface area contributed by atoms with Crippen LogP contribution in [0.1, 0.15) is 106 Å². The number of carbonyl (C=O) groups is 5. The van der Waals surface area contributed by atoms with Crippen molar-refractivity contribution in [2.75, 3.05) is 58.2 Å².